The molecule has 0 saturated carbocycles. The van der Waals surface area contributed by atoms with Crippen LogP contribution in [0.25, 0.3) is 11.3 Å². The van der Waals surface area contributed by atoms with E-state index in [2.05, 4.69) is 9.97 Å². The van der Waals surface area contributed by atoms with Gasteiger partial charge >= 0.3 is 5.69 Å². The molecule has 5 nitrogen and oxygen atoms in total. The molecule has 0 amide bonds. The number of nitrogens with one attached hydrogen (secondary N) is 2. The average molecular weight is 207 g/mol. The normalized spacial score (nSPS) is 10.2. The highest BCUT2D eigenvalue weighted by atomic mass is 19.1. The lowest BCUT2D eigenvalue weighted by Crippen LogP contribution is -2.21. The topological polar surface area (TPSA) is 78.6 Å². The van der Waals surface area contributed by atoms with Crippen LogP contribution in [0.5, 0.6) is 0 Å². The maximum absolute atomic E-state index is 12.8. The number of rotatable bonds is 1. The molecule has 0 bridgehead atoms. The minimum absolute atomic E-state index is 0.232. The van der Waals surface area contributed by atoms with Crippen molar-refractivity contribution in [2.75, 3.05) is 0 Å². The molecule has 0 aliphatic rings. The molecule has 0 aromatic carbocycles. The van der Waals surface area contributed by atoms with Crippen LogP contribution < -0.4 is 11.2 Å². The van der Waals surface area contributed by atoms with Crippen molar-refractivity contribution >= 4 is 0 Å². The van der Waals surface area contributed by atoms with E-state index in [-0.39, 0.29) is 5.69 Å². The van der Waals surface area contributed by atoms with Gasteiger partial charge in [-0.05, 0) is 6.07 Å². The first-order chi connectivity index (χ1) is 7.15. The average Bonchev–Trinajstić information content (AvgIpc) is 2.16. The second-order valence-corrected chi connectivity index (χ2v) is 2.89. The maximum Gasteiger partial charge on any atom is 0.326 e. The van der Waals surface area contributed by atoms with Crippen LogP contribution in [0.4, 0.5) is 4.39 Å². The standard InChI is InChI=1S/C9H6FN3O2/c10-6-1-5(3-11-4-6)7-2-8(14)13-9(15)12-7/h1-4H,(H2,12,13,14,15). The minimum Gasteiger partial charge on any atom is -0.307 e. The molecule has 2 aromatic heterocycles. The van der Waals surface area contributed by atoms with Crippen molar-refractivity contribution in [2.24, 2.45) is 0 Å². The van der Waals surface area contributed by atoms with Gasteiger partial charge in [0.15, 0.2) is 0 Å². The summed E-state index contributed by atoms with van der Waals surface area (Å²) in [5.41, 5.74) is -0.603. The van der Waals surface area contributed by atoms with Crippen LogP contribution in [0.15, 0.2) is 34.1 Å². The minimum atomic E-state index is -0.637. The Kier molecular flexibility index (Phi) is 2.17. The summed E-state index contributed by atoms with van der Waals surface area (Å²) in [6, 6.07) is 2.34. The van der Waals surface area contributed by atoms with Crippen molar-refractivity contribution in [1.82, 2.24) is 15.0 Å². The zero-order valence-electron chi connectivity index (χ0n) is 7.45. The quantitative estimate of drug-likeness (QED) is 0.704. The summed E-state index contributed by atoms with van der Waals surface area (Å²) in [5, 5.41) is 0. The lowest BCUT2D eigenvalue weighted by Gasteiger charge is -1.99. The third kappa shape index (κ3) is 1.98. The van der Waals surface area contributed by atoms with E-state index in [1.54, 1.807) is 0 Å². The Balaban J connectivity index is 2.64. The van der Waals surface area contributed by atoms with Crippen LogP contribution in [0.2, 0.25) is 0 Å². The highest BCUT2D eigenvalue weighted by Crippen LogP contribution is 2.12. The molecule has 0 saturated heterocycles. The summed E-state index contributed by atoms with van der Waals surface area (Å²) in [7, 11) is 0. The van der Waals surface area contributed by atoms with E-state index in [0.29, 0.717) is 5.56 Å². The first kappa shape index (κ1) is 9.32. The summed E-state index contributed by atoms with van der Waals surface area (Å²) in [6.45, 7) is 0. The summed E-state index contributed by atoms with van der Waals surface area (Å²) >= 11 is 0. The van der Waals surface area contributed by atoms with Gasteiger partial charge in [-0.3, -0.25) is 14.8 Å². The van der Waals surface area contributed by atoms with Crippen molar-refractivity contribution in [1.29, 1.82) is 0 Å². The molecule has 0 aliphatic heterocycles. The zero-order valence-corrected chi connectivity index (χ0v) is 7.45. The molecule has 0 aliphatic carbocycles. The molecule has 6 heteroatoms. The van der Waals surface area contributed by atoms with Crippen molar-refractivity contribution in [3.8, 4) is 11.3 Å². The summed E-state index contributed by atoms with van der Waals surface area (Å²) < 4.78 is 12.8. The largest absolute Gasteiger partial charge is 0.326 e. The first-order valence-corrected chi connectivity index (χ1v) is 4.10. The van der Waals surface area contributed by atoms with Crippen molar-refractivity contribution < 1.29 is 4.39 Å². The summed E-state index contributed by atoms with van der Waals surface area (Å²) in [6.07, 6.45) is 2.39. The predicted molar refractivity (Wildman–Crippen MR) is 50.9 cm³/mol. The first-order valence-electron chi connectivity index (χ1n) is 4.10. The fraction of sp³-hybridized carbons (Fsp3) is 0. The molecule has 2 aromatic rings. The second kappa shape index (κ2) is 3.49. The van der Waals surface area contributed by atoms with E-state index < -0.39 is 17.1 Å². The molecular weight excluding hydrogens is 201 g/mol. The highest BCUT2D eigenvalue weighted by molar-refractivity contribution is 5.56. The Morgan fingerprint density at radius 1 is 1.13 bits per heavy atom. The number of aromatic nitrogens is 3. The lowest BCUT2D eigenvalue weighted by molar-refractivity contribution is 0.622. The van der Waals surface area contributed by atoms with E-state index in [4.69, 9.17) is 0 Å². The van der Waals surface area contributed by atoms with Gasteiger partial charge in [-0.25, -0.2) is 9.18 Å². The van der Waals surface area contributed by atoms with Gasteiger partial charge in [0.05, 0.1) is 11.9 Å². The molecule has 0 spiro atoms. The van der Waals surface area contributed by atoms with Gasteiger partial charge in [0.25, 0.3) is 5.56 Å². The molecule has 2 N–H and O–H groups in total. The Bertz CT molecular complexity index is 574. The SMILES string of the molecule is O=c1cc(-c2cncc(F)c2)[nH]c(=O)[nH]1. The molecule has 0 atom stereocenters. The maximum atomic E-state index is 12.8. The predicted octanol–water partition coefficient (Wildman–Crippen LogP) is 0.264. The Labute approximate surface area is 82.6 Å². The summed E-state index contributed by atoms with van der Waals surface area (Å²) in [4.78, 5) is 29.9. The number of pyridine rings is 1. The van der Waals surface area contributed by atoms with Crippen molar-refractivity contribution in [3.05, 3.63) is 51.2 Å². The Hall–Kier alpha value is -2.24. The number of H-pyrrole nitrogens is 2. The Morgan fingerprint density at radius 3 is 2.60 bits per heavy atom. The van der Waals surface area contributed by atoms with Gasteiger partial charge in [0.1, 0.15) is 5.82 Å². The third-order valence-corrected chi connectivity index (χ3v) is 1.78. The number of hydrogen-bond acceptors (Lipinski definition) is 3. The van der Waals surface area contributed by atoms with Crippen LogP contribution in [-0.4, -0.2) is 15.0 Å². The fourth-order valence-corrected chi connectivity index (χ4v) is 1.18. The molecule has 0 radical (unpaired) electrons. The van der Waals surface area contributed by atoms with Crippen LogP contribution in [-0.2, 0) is 0 Å². The number of hydrogen-bond donors (Lipinski definition) is 2. The van der Waals surface area contributed by atoms with E-state index in [1.807, 2.05) is 4.98 Å². The molecule has 0 unspecified atom stereocenters. The van der Waals surface area contributed by atoms with Gasteiger partial charge in [0.2, 0.25) is 0 Å². The monoisotopic (exact) mass is 207 g/mol. The van der Waals surface area contributed by atoms with E-state index in [1.165, 1.54) is 12.3 Å². The van der Waals surface area contributed by atoms with Gasteiger partial charge in [-0.1, -0.05) is 0 Å². The molecular formula is C9H6FN3O2. The van der Waals surface area contributed by atoms with Gasteiger partial charge in [0, 0.05) is 17.8 Å². The van der Waals surface area contributed by atoms with Gasteiger partial charge < -0.3 is 4.98 Å². The fourth-order valence-electron chi connectivity index (χ4n) is 1.18. The van der Waals surface area contributed by atoms with Crippen LogP contribution in [0, 0.1) is 5.82 Å². The van der Waals surface area contributed by atoms with E-state index >= 15 is 0 Å². The van der Waals surface area contributed by atoms with E-state index in [0.717, 1.165) is 12.3 Å². The molecule has 0 fully saturated rings. The second-order valence-electron chi connectivity index (χ2n) is 2.89. The molecule has 2 heterocycles. The van der Waals surface area contributed by atoms with Gasteiger partial charge in [-0.15, -0.1) is 0 Å². The number of halogens is 1. The summed E-state index contributed by atoms with van der Waals surface area (Å²) in [5.74, 6) is -0.534. The number of nitrogens with zero attached hydrogens (tertiary/aromatic N) is 1. The zero-order chi connectivity index (χ0) is 10.8. The van der Waals surface area contributed by atoms with E-state index in [9.17, 15) is 14.0 Å². The molecule has 76 valence electrons. The van der Waals surface area contributed by atoms with Gasteiger partial charge in [-0.2, -0.15) is 0 Å². The Morgan fingerprint density at radius 2 is 1.93 bits per heavy atom. The smallest absolute Gasteiger partial charge is 0.307 e. The van der Waals surface area contributed by atoms with Crippen LogP contribution in [0.1, 0.15) is 0 Å². The lowest BCUT2D eigenvalue weighted by atomic mass is 10.2. The number of aromatic amines is 2. The molecule has 2 rings (SSSR count). The molecule has 15 heavy (non-hydrogen) atoms. The van der Waals surface area contributed by atoms with Crippen LogP contribution in [0.3, 0.4) is 0 Å². The van der Waals surface area contributed by atoms with Crippen molar-refractivity contribution in [2.45, 2.75) is 0 Å². The third-order valence-electron chi connectivity index (χ3n) is 1.78. The van der Waals surface area contributed by atoms with Crippen molar-refractivity contribution in [3.63, 3.8) is 0 Å². The highest BCUT2D eigenvalue weighted by Gasteiger charge is 2.02. The van der Waals surface area contributed by atoms with Crippen LogP contribution >= 0.6 is 0 Å².